The Morgan fingerprint density at radius 1 is 1.58 bits per heavy atom. The number of nitrogens with zero attached hydrogens (tertiary/aromatic N) is 2. The molecule has 0 aromatic carbocycles. The van der Waals surface area contributed by atoms with Crippen LogP contribution < -0.4 is 5.32 Å². The quantitative estimate of drug-likeness (QED) is 0.869. The summed E-state index contributed by atoms with van der Waals surface area (Å²) in [5.74, 6) is -1.25. The first kappa shape index (κ1) is 13.8. The Balaban J connectivity index is 1.74. The van der Waals surface area contributed by atoms with E-state index in [1.165, 1.54) is 0 Å². The van der Waals surface area contributed by atoms with Crippen molar-refractivity contribution in [3.63, 3.8) is 0 Å². The van der Waals surface area contributed by atoms with E-state index in [1.807, 2.05) is 5.38 Å². The van der Waals surface area contributed by atoms with Gasteiger partial charge in [-0.1, -0.05) is 0 Å². The van der Waals surface area contributed by atoms with Crippen LogP contribution in [0, 0.1) is 5.92 Å². The maximum absolute atomic E-state index is 11.9. The number of piperidine rings is 1. The van der Waals surface area contributed by atoms with E-state index in [0.717, 1.165) is 11.4 Å². The first-order chi connectivity index (χ1) is 9.16. The zero-order valence-electron chi connectivity index (χ0n) is 10.5. The van der Waals surface area contributed by atoms with E-state index < -0.39 is 11.9 Å². The topological polar surface area (TPSA) is 82.5 Å². The van der Waals surface area contributed by atoms with Crippen LogP contribution in [0.3, 0.4) is 0 Å². The predicted molar refractivity (Wildman–Crippen MR) is 71.1 cm³/mol. The Morgan fingerprint density at radius 2 is 2.42 bits per heavy atom. The van der Waals surface area contributed by atoms with Crippen LogP contribution in [-0.4, -0.2) is 46.6 Å². The fraction of sp³-hybridized carbons (Fsp3) is 0.583. The molecule has 1 aromatic heterocycles. The lowest BCUT2D eigenvalue weighted by Gasteiger charge is -2.30. The maximum Gasteiger partial charge on any atom is 0.317 e. The van der Waals surface area contributed by atoms with Crippen LogP contribution in [0.5, 0.6) is 0 Å². The van der Waals surface area contributed by atoms with Crippen LogP contribution in [0.4, 0.5) is 4.79 Å². The molecule has 6 nitrogen and oxygen atoms in total. The number of carbonyl (C=O) groups excluding carboxylic acids is 1. The van der Waals surface area contributed by atoms with Crippen molar-refractivity contribution in [1.82, 2.24) is 15.2 Å². The molecule has 1 fully saturated rings. The molecule has 2 heterocycles. The van der Waals surface area contributed by atoms with Crippen molar-refractivity contribution in [2.24, 2.45) is 5.92 Å². The molecule has 104 valence electrons. The summed E-state index contributed by atoms with van der Waals surface area (Å²) >= 11 is 1.56. The van der Waals surface area contributed by atoms with Crippen molar-refractivity contribution >= 4 is 23.3 Å². The van der Waals surface area contributed by atoms with Gasteiger partial charge in [0.15, 0.2) is 0 Å². The van der Waals surface area contributed by atoms with Crippen LogP contribution in [-0.2, 0) is 11.2 Å². The van der Waals surface area contributed by atoms with Crippen molar-refractivity contribution in [2.75, 3.05) is 19.6 Å². The second kappa shape index (κ2) is 6.51. The van der Waals surface area contributed by atoms with Crippen molar-refractivity contribution in [2.45, 2.75) is 19.3 Å². The average Bonchev–Trinajstić information content (AvgIpc) is 2.92. The second-order valence-electron chi connectivity index (χ2n) is 4.53. The van der Waals surface area contributed by atoms with Crippen LogP contribution >= 0.6 is 11.3 Å². The van der Waals surface area contributed by atoms with Crippen LogP contribution in [0.15, 0.2) is 11.6 Å². The molecule has 0 radical (unpaired) electrons. The molecule has 2 N–H and O–H groups in total. The summed E-state index contributed by atoms with van der Waals surface area (Å²) in [5.41, 5.74) is 0. The first-order valence-corrected chi connectivity index (χ1v) is 7.18. The fourth-order valence-electron chi connectivity index (χ4n) is 2.13. The molecule has 7 heteroatoms. The summed E-state index contributed by atoms with van der Waals surface area (Å²) in [4.78, 5) is 28.6. The zero-order valence-corrected chi connectivity index (χ0v) is 11.4. The van der Waals surface area contributed by atoms with Gasteiger partial charge in [0, 0.05) is 37.6 Å². The predicted octanol–water partition coefficient (Wildman–Crippen LogP) is 1.19. The molecule has 1 aliphatic rings. The van der Waals surface area contributed by atoms with E-state index in [4.69, 9.17) is 5.11 Å². The lowest BCUT2D eigenvalue weighted by molar-refractivity contribution is -0.143. The highest BCUT2D eigenvalue weighted by Crippen LogP contribution is 2.16. The molecular weight excluding hydrogens is 266 g/mol. The number of carboxylic acids is 1. The lowest BCUT2D eigenvalue weighted by Crippen LogP contribution is -2.47. The van der Waals surface area contributed by atoms with Gasteiger partial charge in [0.05, 0.1) is 10.9 Å². The smallest absolute Gasteiger partial charge is 0.317 e. The molecule has 0 aliphatic carbocycles. The summed E-state index contributed by atoms with van der Waals surface area (Å²) in [7, 11) is 0. The summed E-state index contributed by atoms with van der Waals surface area (Å²) in [5, 5.41) is 14.7. The Morgan fingerprint density at radius 3 is 3.11 bits per heavy atom. The minimum atomic E-state index is -0.819. The molecule has 0 saturated carbocycles. The summed E-state index contributed by atoms with van der Waals surface area (Å²) < 4.78 is 0. The number of hydrogen-bond acceptors (Lipinski definition) is 4. The number of carboxylic acid groups (broad SMARTS) is 1. The number of thiazole rings is 1. The number of aromatic nitrogens is 1. The molecule has 1 atom stereocenters. The molecule has 1 saturated heterocycles. The van der Waals surface area contributed by atoms with Gasteiger partial charge < -0.3 is 15.3 Å². The van der Waals surface area contributed by atoms with Crippen molar-refractivity contribution in [3.05, 3.63) is 16.6 Å². The van der Waals surface area contributed by atoms with Gasteiger partial charge in [0.2, 0.25) is 0 Å². The third-order valence-electron chi connectivity index (χ3n) is 3.16. The van der Waals surface area contributed by atoms with Gasteiger partial charge in [0.1, 0.15) is 0 Å². The average molecular weight is 283 g/mol. The first-order valence-electron chi connectivity index (χ1n) is 6.31. The zero-order chi connectivity index (χ0) is 13.7. The highest BCUT2D eigenvalue weighted by atomic mass is 32.1. The van der Waals surface area contributed by atoms with Gasteiger partial charge in [0.25, 0.3) is 0 Å². The molecular formula is C12H17N3O3S. The van der Waals surface area contributed by atoms with Gasteiger partial charge in [-0.05, 0) is 12.8 Å². The molecule has 0 unspecified atom stereocenters. The van der Waals surface area contributed by atoms with E-state index >= 15 is 0 Å². The highest BCUT2D eigenvalue weighted by Gasteiger charge is 2.27. The minimum absolute atomic E-state index is 0.178. The van der Waals surface area contributed by atoms with Crippen LogP contribution in [0.2, 0.25) is 0 Å². The Bertz CT molecular complexity index is 435. The Labute approximate surface area is 115 Å². The van der Waals surface area contributed by atoms with E-state index in [-0.39, 0.29) is 6.03 Å². The van der Waals surface area contributed by atoms with E-state index in [1.54, 1.807) is 22.4 Å². The van der Waals surface area contributed by atoms with E-state index in [2.05, 4.69) is 10.3 Å². The number of amides is 2. The number of likely N-dealkylation sites (tertiary alicyclic amines) is 1. The number of carbonyl (C=O) groups is 2. The summed E-state index contributed by atoms with van der Waals surface area (Å²) in [6.45, 7) is 1.46. The maximum atomic E-state index is 11.9. The van der Waals surface area contributed by atoms with Crippen LogP contribution in [0.25, 0.3) is 0 Å². The van der Waals surface area contributed by atoms with E-state index in [9.17, 15) is 9.59 Å². The standard InChI is InChI=1S/C12H17N3O3S/c16-11(17)9-2-1-6-15(8-9)12(18)14-4-3-10-13-5-7-19-10/h5,7,9H,1-4,6,8H2,(H,14,18)(H,16,17)/t9-/m0/s1. The molecule has 19 heavy (non-hydrogen) atoms. The van der Waals surface area contributed by atoms with Gasteiger partial charge in [-0.2, -0.15) is 0 Å². The summed E-state index contributed by atoms with van der Waals surface area (Å²) in [6, 6.07) is -0.178. The van der Waals surface area contributed by atoms with Crippen LogP contribution in [0.1, 0.15) is 17.8 Å². The summed E-state index contributed by atoms with van der Waals surface area (Å²) in [6.07, 6.45) is 3.85. The molecule has 1 aliphatic heterocycles. The Kier molecular flexibility index (Phi) is 4.73. The lowest BCUT2D eigenvalue weighted by atomic mass is 9.99. The monoisotopic (exact) mass is 283 g/mol. The van der Waals surface area contributed by atoms with E-state index in [0.29, 0.717) is 32.5 Å². The van der Waals surface area contributed by atoms with Gasteiger partial charge >= 0.3 is 12.0 Å². The number of hydrogen-bond donors (Lipinski definition) is 2. The highest BCUT2D eigenvalue weighted by molar-refractivity contribution is 7.09. The third kappa shape index (κ3) is 3.92. The number of nitrogens with one attached hydrogen (secondary N) is 1. The van der Waals surface area contributed by atoms with Crippen molar-refractivity contribution < 1.29 is 14.7 Å². The number of aliphatic carboxylic acids is 1. The Hall–Kier alpha value is -1.63. The fourth-order valence-corrected chi connectivity index (χ4v) is 2.75. The van der Waals surface area contributed by atoms with Gasteiger partial charge in [-0.15, -0.1) is 11.3 Å². The van der Waals surface area contributed by atoms with Gasteiger partial charge in [-0.25, -0.2) is 9.78 Å². The molecule has 2 rings (SSSR count). The molecule has 1 aromatic rings. The third-order valence-corrected chi connectivity index (χ3v) is 4.00. The largest absolute Gasteiger partial charge is 0.481 e. The normalized spacial score (nSPS) is 19.2. The van der Waals surface area contributed by atoms with Crippen molar-refractivity contribution in [3.8, 4) is 0 Å². The van der Waals surface area contributed by atoms with Crippen molar-refractivity contribution in [1.29, 1.82) is 0 Å². The van der Waals surface area contributed by atoms with Gasteiger partial charge in [-0.3, -0.25) is 4.79 Å². The molecule has 0 spiro atoms. The number of rotatable bonds is 4. The number of urea groups is 1. The SMILES string of the molecule is O=C(O)[C@H]1CCCN(C(=O)NCCc2nccs2)C1. The second-order valence-corrected chi connectivity index (χ2v) is 5.51. The molecule has 0 bridgehead atoms. The molecule has 2 amide bonds. The minimum Gasteiger partial charge on any atom is -0.481 e.